The minimum Gasteiger partial charge on any atom is -0.346 e. The van der Waals surface area contributed by atoms with Gasteiger partial charge in [-0.3, -0.25) is 4.79 Å². The van der Waals surface area contributed by atoms with Gasteiger partial charge in [0.2, 0.25) is 0 Å². The molecule has 2 atom stereocenters. The molecule has 3 N–H and O–H groups in total. The molecule has 4 rings (SSSR count). The molecular weight excluding hydrogens is 384 g/mol. The summed E-state index contributed by atoms with van der Waals surface area (Å²) in [4.78, 5) is 14.2. The van der Waals surface area contributed by atoms with E-state index < -0.39 is 15.9 Å². The predicted molar refractivity (Wildman–Crippen MR) is 106 cm³/mol. The van der Waals surface area contributed by atoms with E-state index in [0.29, 0.717) is 11.3 Å². The van der Waals surface area contributed by atoms with Gasteiger partial charge in [-0.25, -0.2) is 12.9 Å². The van der Waals surface area contributed by atoms with Crippen LogP contribution in [0.5, 0.6) is 0 Å². The molecule has 2 unspecified atom stereocenters. The monoisotopic (exact) mass is 404 g/mol. The zero-order valence-corrected chi connectivity index (χ0v) is 16.4. The van der Waals surface area contributed by atoms with Gasteiger partial charge in [0, 0.05) is 22.7 Å². The number of rotatable bonds is 3. The average molecular weight is 405 g/mol. The fourth-order valence-corrected chi connectivity index (χ4v) is 6.00. The molecule has 1 aliphatic heterocycles. The number of fused-ring (bicyclic) bond motifs is 1. The van der Waals surface area contributed by atoms with E-state index in [9.17, 15) is 13.2 Å². The molecule has 0 radical (unpaired) electrons. The van der Waals surface area contributed by atoms with Crippen molar-refractivity contribution in [1.82, 2.24) is 14.9 Å². The topological polar surface area (TPSA) is 107 Å². The van der Waals surface area contributed by atoms with Crippen LogP contribution < -0.4 is 11.1 Å². The number of carbonyl (C=O) groups excluding carboxylic acids is 1. The van der Waals surface area contributed by atoms with Crippen LogP contribution in [0.3, 0.4) is 0 Å². The maximum absolute atomic E-state index is 12.7. The molecule has 142 valence electrons. The van der Waals surface area contributed by atoms with Crippen molar-refractivity contribution in [2.75, 3.05) is 11.5 Å². The second kappa shape index (κ2) is 6.74. The number of aromatic nitrogens is 2. The molecule has 1 aliphatic rings. The van der Waals surface area contributed by atoms with Crippen LogP contribution in [0.4, 0.5) is 0 Å². The normalized spacial score (nSPS) is 22.0. The van der Waals surface area contributed by atoms with Crippen LogP contribution >= 0.6 is 11.3 Å². The first-order valence-corrected chi connectivity index (χ1v) is 11.3. The lowest BCUT2D eigenvalue weighted by molar-refractivity contribution is 0.0938. The van der Waals surface area contributed by atoms with Gasteiger partial charge in [0.1, 0.15) is 0 Å². The van der Waals surface area contributed by atoms with Crippen molar-refractivity contribution in [1.29, 1.82) is 0 Å². The molecule has 4 heterocycles. The molecule has 0 saturated carbocycles. The van der Waals surface area contributed by atoms with Gasteiger partial charge in [0.15, 0.2) is 9.84 Å². The highest BCUT2D eigenvalue weighted by atomic mass is 32.2. The molecule has 0 aliphatic carbocycles. The minimum absolute atomic E-state index is 0.0809. The largest absolute Gasteiger partial charge is 0.346 e. The Morgan fingerprint density at radius 3 is 3.00 bits per heavy atom. The number of carbonyl (C=O) groups is 1. The van der Waals surface area contributed by atoms with E-state index in [1.54, 1.807) is 10.7 Å². The average Bonchev–Trinajstić information content (AvgIpc) is 3.21. The molecule has 0 spiro atoms. The highest BCUT2D eigenvalue weighted by molar-refractivity contribution is 7.91. The number of hydrogen-bond acceptors (Lipinski definition) is 6. The van der Waals surface area contributed by atoms with Crippen molar-refractivity contribution >= 4 is 32.6 Å². The smallest absolute Gasteiger partial charge is 0.261 e. The Kier molecular flexibility index (Phi) is 4.53. The van der Waals surface area contributed by atoms with Crippen molar-refractivity contribution in [2.24, 2.45) is 5.73 Å². The summed E-state index contributed by atoms with van der Waals surface area (Å²) >= 11 is 1.38. The standard InChI is InChI=1S/C18H20N4O3S2/c1-11-12(13-9-20-22-6-3-2-4-16(13)22)8-17(26-11)18(23)21-15-10-27(24,25)7-5-14(15)19/h2-4,6,8-9,14-15H,5,7,10,19H2,1H3,(H,21,23). The number of amides is 1. The van der Waals surface area contributed by atoms with Crippen molar-refractivity contribution in [3.05, 3.63) is 46.4 Å². The maximum atomic E-state index is 12.7. The fourth-order valence-electron chi connectivity index (χ4n) is 3.39. The Bertz CT molecular complexity index is 1120. The van der Waals surface area contributed by atoms with Crippen LogP contribution in [0.25, 0.3) is 16.6 Å². The van der Waals surface area contributed by atoms with E-state index in [0.717, 1.165) is 21.5 Å². The lowest BCUT2D eigenvalue weighted by Crippen LogP contribution is -2.55. The van der Waals surface area contributed by atoms with Crippen molar-refractivity contribution < 1.29 is 13.2 Å². The second-order valence-corrected chi connectivity index (χ2v) is 10.3. The molecule has 1 fully saturated rings. The van der Waals surface area contributed by atoms with Crippen LogP contribution in [-0.4, -0.2) is 47.5 Å². The molecule has 3 aromatic rings. The van der Waals surface area contributed by atoms with Gasteiger partial charge in [-0.15, -0.1) is 11.3 Å². The number of nitrogens with zero attached hydrogens (tertiary/aromatic N) is 2. The molecule has 0 bridgehead atoms. The SMILES string of the molecule is Cc1sc(C(=O)NC2CS(=O)(=O)CCC2N)cc1-c1cnn2ccccc12. The van der Waals surface area contributed by atoms with E-state index in [-0.39, 0.29) is 23.5 Å². The third-order valence-electron chi connectivity index (χ3n) is 4.89. The molecule has 0 aromatic carbocycles. The van der Waals surface area contributed by atoms with Crippen LogP contribution in [0.1, 0.15) is 21.0 Å². The first-order valence-electron chi connectivity index (χ1n) is 8.64. The van der Waals surface area contributed by atoms with Crippen LogP contribution in [0.2, 0.25) is 0 Å². The van der Waals surface area contributed by atoms with Crippen molar-refractivity contribution in [2.45, 2.75) is 25.4 Å². The summed E-state index contributed by atoms with van der Waals surface area (Å²) in [6, 6.07) is 6.76. The zero-order chi connectivity index (χ0) is 19.2. The summed E-state index contributed by atoms with van der Waals surface area (Å²) in [5, 5.41) is 7.16. The quantitative estimate of drug-likeness (QED) is 0.690. The second-order valence-electron chi connectivity index (χ2n) is 6.82. The maximum Gasteiger partial charge on any atom is 0.261 e. The molecule has 1 amide bonds. The summed E-state index contributed by atoms with van der Waals surface area (Å²) in [5.74, 6) is -0.314. The van der Waals surface area contributed by atoms with E-state index in [2.05, 4.69) is 10.4 Å². The molecule has 9 heteroatoms. The Labute approximate surface area is 161 Å². The minimum atomic E-state index is -3.16. The van der Waals surface area contributed by atoms with Gasteiger partial charge in [-0.2, -0.15) is 5.10 Å². The summed E-state index contributed by atoms with van der Waals surface area (Å²) in [6.07, 6.45) is 4.03. The number of thiophene rings is 1. The van der Waals surface area contributed by atoms with Crippen molar-refractivity contribution in [3.63, 3.8) is 0 Å². The number of nitrogens with one attached hydrogen (secondary N) is 1. The molecule has 27 heavy (non-hydrogen) atoms. The first kappa shape index (κ1) is 18.1. The Balaban J connectivity index is 1.60. The van der Waals surface area contributed by atoms with Crippen LogP contribution in [-0.2, 0) is 9.84 Å². The van der Waals surface area contributed by atoms with E-state index >= 15 is 0 Å². The third-order valence-corrected chi connectivity index (χ3v) is 7.66. The van der Waals surface area contributed by atoms with Gasteiger partial charge < -0.3 is 11.1 Å². The fraction of sp³-hybridized carbons (Fsp3) is 0.333. The summed E-state index contributed by atoms with van der Waals surface area (Å²) in [6.45, 7) is 1.96. The Hall–Kier alpha value is -2.23. The van der Waals surface area contributed by atoms with E-state index in [1.165, 1.54) is 11.3 Å². The lowest BCUT2D eigenvalue weighted by atomic mass is 10.1. The van der Waals surface area contributed by atoms with Crippen LogP contribution in [0, 0.1) is 6.92 Å². The van der Waals surface area contributed by atoms with Gasteiger partial charge >= 0.3 is 0 Å². The summed E-state index contributed by atoms with van der Waals surface area (Å²) in [5.41, 5.74) is 8.89. The Morgan fingerprint density at radius 1 is 1.37 bits per heavy atom. The van der Waals surface area contributed by atoms with Gasteiger partial charge in [0.25, 0.3) is 5.91 Å². The lowest BCUT2D eigenvalue weighted by Gasteiger charge is -2.28. The number of nitrogens with two attached hydrogens (primary N) is 1. The number of aryl methyl sites for hydroxylation is 1. The summed E-state index contributed by atoms with van der Waals surface area (Å²) < 4.78 is 25.5. The third kappa shape index (κ3) is 3.50. The highest BCUT2D eigenvalue weighted by Crippen LogP contribution is 2.33. The van der Waals surface area contributed by atoms with Crippen LogP contribution in [0.15, 0.2) is 36.7 Å². The molecular formula is C18H20N4O3S2. The van der Waals surface area contributed by atoms with E-state index in [4.69, 9.17) is 5.73 Å². The number of pyridine rings is 1. The van der Waals surface area contributed by atoms with E-state index in [1.807, 2.05) is 37.4 Å². The zero-order valence-electron chi connectivity index (χ0n) is 14.8. The van der Waals surface area contributed by atoms with Gasteiger partial charge in [0.05, 0.1) is 34.1 Å². The van der Waals surface area contributed by atoms with Crippen molar-refractivity contribution in [3.8, 4) is 11.1 Å². The molecule has 7 nitrogen and oxygen atoms in total. The van der Waals surface area contributed by atoms with Gasteiger partial charge in [-0.05, 0) is 37.1 Å². The first-order chi connectivity index (χ1) is 12.8. The van der Waals surface area contributed by atoms with Gasteiger partial charge in [-0.1, -0.05) is 6.07 Å². The summed E-state index contributed by atoms with van der Waals surface area (Å²) in [7, 11) is -3.16. The predicted octanol–water partition coefficient (Wildman–Crippen LogP) is 1.62. The number of sulfone groups is 1. The Morgan fingerprint density at radius 2 is 2.19 bits per heavy atom. The highest BCUT2D eigenvalue weighted by Gasteiger charge is 2.32. The molecule has 3 aromatic heterocycles. The number of hydrogen-bond donors (Lipinski definition) is 2. The molecule has 1 saturated heterocycles.